The molecule has 7 nitrogen and oxygen atoms in total. The number of nitrogens with zero attached hydrogens (tertiary/aromatic N) is 1. The summed E-state index contributed by atoms with van der Waals surface area (Å²) < 4.78 is 11.0. The van der Waals surface area contributed by atoms with Crippen molar-refractivity contribution >= 4 is 23.7 Å². The summed E-state index contributed by atoms with van der Waals surface area (Å²) in [5, 5.41) is 6.59. The van der Waals surface area contributed by atoms with E-state index in [1.807, 2.05) is 6.92 Å². The van der Waals surface area contributed by atoms with Gasteiger partial charge in [0.2, 0.25) is 5.91 Å². The van der Waals surface area contributed by atoms with Gasteiger partial charge in [-0.15, -0.1) is 6.42 Å². The molecule has 0 aliphatic carbocycles. The van der Waals surface area contributed by atoms with E-state index < -0.39 is 5.91 Å². The SMILES string of the molecule is C#CCOc1ccc(/C=N\NC(=O)c2cccc(NC(C)=O)c2)cc1OCC. The summed E-state index contributed by atoms with van der Waals surface area (Å²) >= 11 is 0. The Balaban J connectivity index is 2.05. The van der Waals surface area contributed by atoms with E-state index in [2.05, 4.69) is 21.8 Å². The quantitative estimate of drug-likeness (QED) is 0.419. The van der Waals surface area contributed by atoms with Crippen LogP contribution >= 0.6 is 0 Å². The van der Waals surface area contributed by atoms with Gasteiger partial charge in [-0.25, -0.2) is 5.43 Å². The van der Waals surface area contributed by atoms with Gasteiger partial charge in [0, 0.05) is 18.2 Å². The van der Waals surface area contributed by atoms with Crippen molar-refractivity contribution in [2.45, 2.75) is 13.8 Å². The lowest BCUT2D eigenvalue weighted by Crippen LogP contribution is -2.18. The molecule has 2 amide bonds. The molecular weight excluding hydrogens is 358 g/mol. The fourth-order valence-corrected chi connectivity index (χ4v) is 2.28. The van der Waals surface area contributed by atoms with E-state index in [4.69, 9.17) is 15.9 Å². The second-order valence-corrected chi connectivity index (χ2v) is 5.59. The standard InChI is InChI=1S/C21H21N3O4/c1-4-11-28-19-10-9-16(12-20(19)27-5-2)14-22-24-21(26)17-7-6-8-18(13-17)23-15(3)25/h1,6-10,12-14H,5,11H2,2-3H3,(H,23,25)(H,24,26)/b22-14-. The van der Waals surface area contributed by atoms with Gasteiger partial charge in [0.05, 0.1) is 12.8 Å². The van der Waals surface area contributed by atoms with Gasteiger partial charge in [-0.05, 0) is 48.9 Å². The van der Waals surface area contributed by atoms with E-state index >= 15 is 0 Å². The fourth-order valence-electron chi connectivity index (χ4n) is 2.28. The monoisotopic (exact) mass is 379 g/mol. The smallest absolute Gasteiger partial charge is 0.271 e. The van der Waals surface area contributed by atoms with Gasteiger partial charge in [0.25, 0.3) is 5.91 Å². The number of amides is 2. The summed E-state index contributed by atoms with van der Waals surface area (Å²) in [7, 11) is 0. The third-order valence-electron chi connectivity index (χ3n) is 3.40. The van der Waals surface area contributed by atoms with Crippen LogP contribution in [0.2, 0.25) is 0 Å². The topological polar surface area (TPSA) is 89.0 Å². The highest BCUT2D eigenvalue weighted by Gasteiger charge is 2.07. The number of rotatable bonds is 8. The molecule has 28 heavy (non-hydrogen) atoms. The third-order valence-corrected chi connectivity index (χ3v) is 3.40. The number of hydrogen-bond acceptors (Lipinski definition) is 5. The van der Waals surface area contributed by atoms with Crippen LogP contribution in [0.25, 0.3) is 0 Å². The second-order valence-electron chi connectivity index (χ2n) is 5.59. The Morgan fingerprint density at radius 2 is 2.00 bits per heavy atom. The fraction of sp³-hybridized carbons (Fsp3) is 0.190. The largest absolute Gasteiger partial charge is 0.490 e. The van der Waals surface area contributed by atoms with Crippen LogP contribution in [-0.2, 0) is 4.79 Å². The Bertz CT molecular complexity index is 916. The molecule has 0 saturated heterocycles. The molecule has 0 fully saturated rings. The first-order valence-corrected chi connectivity index (χ1v) is 8.57. The van der Waals surface area contributed by atoms with Gasteiger partial charge in [0.1, 0.15) is 6.61 Å². The van der Waals surface area contributed by atoms with Gasteiger partial charge in [-0.1, -0.05) is 12.0 Å². The van der Waals surface area contributed by atoms with Crippen LogP contribution in [0.15, 0.2) is 47.6 Å². The predicted molar refractivity (Wildman–Crippen MR) is 108 cm³/mol. The molecule has 0 aromatic heterocycles. The van der Waals surface area contributed by atoms with E-state index in [0.29, 0.717) is 34.9 Å². The molecular formula is C21H21N3O4. The minimum absolute atomic E-state index is 0.140. The van der Waals surface area contributed by atoms with Crippen molar-refractivity contribution in [3.05, 3.63) is 53.6 Å². The summed E-state index contributed by atoms with van der Waals surface area (Å²) in [4.78, 5) is 23.3. The zero-order valence-corrected chi connectivity index (χ0v) is 15.7. The van der Waals surface area contributed by atoms with Crippen molar-refractivity contribution in [2.24, 2.45) is 5.10 Å². The first kappa shape index (κ1) is 20.5. The van der Waals surface area contributed by atoms with Crippen molar-refractivity contribution in [2.75, 3.05) is 18.5 Å². The molecule has 0 saturated carbocycles. The molecule has 0 unspecified atom stereocenters. The van der Waals surface area contributed by atoms with Gasteiger partial charge in [-0.2, -0.15) is 5.10 Å². The Kier molecular flexibility index (Phi) is 7.61. The number of benzene rings is 2. The van der Waals surface area contributed by atoms with E-state index in [0.717, 1.165) is 0 Å². The average molecular weight is 379 g/mol. The van der Waals surface area contributed by atoms with Crippen molar-refractivity contribution in [1.82, 2.24) is 5.43 Å². The van der Waals surface area contributed by atoms with Crippen LogP contribution in [0.1, 0.15) is 29.8 Å². The minimum Gasteiger partial charge on any atom is -0.490 e. The van der Waals surface area contributed by atoms with Crippen LogP contribution in [0, 0.1) is 12.3 Å². The van der Waals surface area contributed by atoms with Gasteiger partial charge >= 0.3 is 0 Å². The molecule has 0 radical (unpaired) electrons. The first-order chi connectivity index (χ1) is 13.5. The normalized spacial score (nSPS) is 10.2. The molecule has 0 bridgehead atoms. The Morgan fingerprint density at radius 1 is 1.18 bits per heavy atom. The number of hydrogen-bond donors (Lipinski definition) is 2. The number of ether oxygens (including phenoxy) is 2. The summed E-state index contributed by atoms with van der Waals surface area (Å²) in [6.07, 6.45) is 6.70. The number of nitrogens with one attached hydrogen (secondary N) is 2. The van der Waals surface area contributed by atoms with Gasteiger partial charge in [0.15, 0.2) is 11.5 Å². The Labute approximate surface area is 163 Å². The summed E-state index contributed by atoms with van der Waals surface area (Å²) in [5.41, 5.74) is 4.07. The molecule has 2 N–H and O–H groups in total. The molecule has 0 atom stereocenters. The molecule has 2 aromatic rings. The van der Waals surface area contributed by atoms with Crippen molar-refractivity contribution in [3.63, 3.8) is 0 Å². The number of anilines is 1. The third kappa shape index (κ3) is 6.18. The van der Waals surface area contributed by atoms with Gasteiger partial charge in [-0.3, -0.25) is 9.59 Å². The van der Waals surface area contributed by atoms with E-state index in [-0.39, 0.29) is 12.5 Å². The summed E-state index contributed by atoms with van der Waals surface area (Å²) in [6, 6.07) is 11.8. The molecule has 7 heteroatoms. The highest BCUT2D eigenvalue weighted by atomic mass is 16.5. The molecule has 0 aliphatic heterocycles. The molecule has 0 heterocycles. The predicted octanol–water partition coefficient (Wildman–Crippen LogP) is 2.82. The average Bonchev–Trinajstić information content (AvgIpc) is 2.67. The van der Waals surface area contributed by atoms with Crippen LogP contribution in [0.4, 0.5) is 5.69 Å². The second kappa shape index (κ2) is 10.4. The molecule has 0 aliphatic rings. The molecule has 144 valence electrons. The molecule has 2 aromatic carbocycles. The molecule has 2 rings (SSSR count). The lowest BCUT2D eigenvalue weighted by Gasteiger charge is -2.10. The van der Waals surface area contributed by atoms with Crippen LogP contribution in [0.5, 0.6) is 11.5 Å². The van der Waals surface area contributed by atoms with Crippen molar-refractivity contribution < 1.29 is 19.1 Å². The Morgan fingerprint density at radius 3 is 2.71 bits per heavy atom. The first-order valence-electron chi connectivity index (χ1n) is 8.57. The van der Waals surface area contributed by atoms with E-state index in [1.54, 1.807) is 42.5 Å². The minimum atomic E-state index is -0.401. The lowest BCUT2D eigenvalue weighted by atomic mass is 10.2. The maximum Gasteiger partial charge on any atom is 0.271 e. The number of terminal acetylenes is 1. The van der Waals surface area contributed by atoms with E-state index in [9.17, 15) is 9.59 Å². The zero-order chi connectivity index (χ0) is 20.4. The van der Waals surface area contributed by atoms with Crippen molar-refractivity contribution in [3.8, 4) is 23.8 Å². The number of carbonyl (C=O) groups excluding carboxylic acids is 2. The highest BCUT2D eigenvalue weighted by molar-refractivity contribution is 5.97. The van der Waals surface area contributed by atoms with Crippen LogP contribution in [-0.4, -0.2) is 31.2 Å². The van der Waals surface area contributed by atoms with Crippen LogP contribution < -0.4 is 20.2 Å². The summed E-state index contributed by atoms with van der Waals surface area (Å²) in [6.45, 7) is 3.87. The number of hydrazone groups is 1. The van der Waals surface area contributed by atoms with Crippen molar-refractivity contribution in [1.29, 1.82) is 0 Å². The zero-order valence-electron chi connectivity index (χ0n) is 15.7. The molecule has 0 spiro atoms. The highest BCUT2D eigenvalue weighted by Crippen LogP contribution is 2.27. The summed E-state index contributed by atoms with van der Waals surface area (Å²) in [5.74, 6) is 2.86. The maximum absolute atomic E-state index is 12.2. The number of carbonyl (C=O) groups is 2. The van der Waals surface area contributed by atoms with E-state index in [1.165, 1.54) is 13.1 Å². The lowest BCUT2D eigenvalue weighted by molar-refractivity contribution is -0.114. The van der Waals surface area contributed by atoms with Crippen LogP contribution in [0.3, 0.4) is 0 Å². The van der Waals surface area contributed by atoms with Gasteiger partial charge < -0.3 is 14.8 Å². The maximum atomic E-state index is 12.2. The Hall–Kier alpha value is -3.79.